The van der Waals surface area contributed by atoms with Crippen molar-refractivity contribution in [2.75, 3.05) is 24.7 Å². The minimum Gasteiger partial charge on any atom is -0.492 e. The van der Waals surface area contributed by atoms with E-state index in [0.29, 0.717) is 29.2 Å². The number of esters is 2. The van der Waals surface area contributed by atoms with E-state index in [9.17, 15) is 19.2 Å². The summed E-state index contributed by atoms with van der Waals surface area (Å²) in [7, 11) is 0. The first-order valence-corrected chi connectivity index (χ1v) is 12.4. The molecule has 1 atom stereocenters. The van der Waals surface area contributed by atoms with Crippen LogP contribution in [-0.2, 0) is 14.3 Å². The Balaban J connectivity index is 1.30. The summed E-state index contributed by atoms with van der Waals surface area (Å²) >= 11 is 3.31. The Kier molecular flexibility index (Phi) is 8.35. The normalized spacial score (nSPS) is 14.8. The summed E-state index contributed by atoms with van der Waals surface area (Å²) in [6, 6.07) is 19.8. The molecule has 1 fully saturated rings. The first-order valence-electron chi connectivity index (χ1n) is 11.7. The van der Waals surface area contributed by atoms with Crippen molar-refractivity contribution in [3.05, 3.63) is 88.4 Å². The highest BCUT2D eigenvalue weighted by molar-refractivity contribution is 9.10. The lowest BCUT2D eigenvalue weighted by Gasteiger charge is -2.19. The number of nitrogens with zero attached hydrogens (tertiary/aromatic N) is 1. The fourth-order valence-electron chi connectivity index (χ4n) is 3.85. The molecule has 1 heterocycles. The second kappa shape index (κ2) is 11.8. The van der Waals surface area contributed by atoms with Crippen molar-refractivity contribution in [2.45, 2.75) is 13.3 Å². The lowest BCUT2D eigenvalue weighted by Crippen LogP contribution is -2.27. The lowest BCUT2D eigenvalue weighted by atomic mass is 10.1. The van der Waals surface area contributed by atoms with E-state index in [1.54, 1.807) is 42.5 Å². The van der Waals surface area contributed by atoms with Crippen LogP contribution in [0.2, 0.25) is 0 Å². The molecule has 1 aliphatic rings. The molecule has 190 valence electrons. The third-order valence-electron chi connectivity index (χ3n) is 5.73. The van der Waals surface area contributed by atoms with Crippen molar-refractivity contribution in [1.29, 1.82) is 0 Å². The van der Waals surface area contributed by atoms with Gasteiger partial charge in [0.05, 0.1) is 23.8 Å². The highest BCUT2D eigenvalue weighted by atomic mass is 79.9. The second-order valence-corrected chi connectivity index (χ2v) is 9.17. The van der Waals surface area contributed by atoms with E-state index in [1.165, 1.54) is 29.2 Å². The first kappa shape index (κ1) is 26.1. The second-order valence-electron chi connectivity index (χ2n) is 8.26. The number of anilines is 1. The molecule has 8 nitrogen and oxygen atoms in total. The van der Waals surface area contributed by atoms with Crippen molar-refractivity contribution >= 4 is 45.2 Å². The maximum absolute atomic E-state index is 12.6. The summed E-state index contributed by atoms with van der Waals surface area (Å²) in [6.45, 7) is 1.98. The highest BCUT2D eigenvalue weighted by Gasteiger charge is 2.37. The summed E-state index contributed by atoms with van der Waals surface area (Å²) in [5, 5.41) is 0. The molecule has 0 spiro atoms. The van der Waals surface area contributed by atoms with E-state index < -0.39 is 30.2 Å². The van der Waals surface area contributed by atoms with E-state index in [0.717, 1.165) is 4.47 Å². The lowest BCUT2D eigenvalue weighted by molar-refractivity contribution is -0.147. The van der Waals surface area contributed by atoms with Crippen LogP contribution in [0.4, 0.5) is 5.69 Å². The molecule has 3 aromatic rings. The Bertz CT molecular complexity index is 1300. The summed E-state index contributed by atoms with van der Waals surface area (Å²) in [5.74, 6) is -1.61. The third-order valence-corrected chi connectivity index (χ3v) is 6.26. The van der Waals surface area contributed by atoms with Crippen molar-refractivity contribution in [3.8, 4) is 11.5 Å². The van der Waals surface area contributed by atoms with Crippen LogP contribution < -0.4 is 14.4 Å². The van der Waals surface area contributed by atoms with Gasteiger partial charge in [0.2, 0.25) is 5.91 Å². The summed E-state index contributed by atoms with van der Waals surface area (Å²) in [4.78, 5) is 51.5. The topological polar surface area (TPSA) is 99.2 Å². The largest absolute Gasteiger partial charge is 0.492 e. The summed E-state index contributed by atoms with van der Waals surface area (Å²) in [6.07, 6.45) is -0.00802. The van der Waals surface area contributed by atoms with Crippen LogP contribution in [0.25, 0.3) is 0 Å². The molecule has 0 radical (unpaired) electrons. The molecule has 0 unspecified atom stereocenters. The molecule has 1 saturated heterocycles. The predicted octanol–water partition coefficient (Wildman–Crippen LogP) is 4.85. The quantitative estimate of drug-likeness (QED) is 0.208. The van der Waals surface area contributed by atoms with E-state index in [-0.39, 0.29) is 24.6 Å². The number of ether oxygens (including phenoxy) is 3. The maximum Gasteiger partial charge on any atom is 0.343 e. The van der Waals surface area contributed by atoms with Gasteiger partial charge in [0.1, 0.15) is 11.5 Å². The fraction of sp³-hybridized carbons (Fsp3) is 0.214. The predicted molar refractivity (Wildman–Crippen MR) is 139 cm³/mol. The fourth-order valence-corrected chi connectivity index (χ4v) is 4.12. The van der Waals surface area contributed by atoms with Crippen LogP contribution in [0.3, 0.4) is 0 Å². The molecular weight excluding hydrogens is 542 g/mol. The number of carbonyl (C=O) groups is 4. The van der Waals surface area contributed by atoms with Gasteiger partial charge in [-0.3, -0.25) is 14.4 Å². The van der Waals surface area contributed by atoms with Gasteiger partial charge in [-0.25, -0.2) is 4.79 Å². The molecule has 1 aliphatic heterocycles. The number of rotatable bonds is 9. The zero-order chi connectivity index (χ0) is 26.4. The smallest absolute Gasteiger partial charge is 0.343 e. The zero-order valence-corrected chi connectivity index (χ0v) is 21.6. The number of benzene rings is 3. The van der Waals surface area contributed by atoms with E-state index in [4.69, 9.17) is 14.2 Å². The Morgan fingerprint density at radius 2 is 1.62 bits per heavy atom. The molecule has 1 amide bonds. The van der Waals surface area contributed by atoms with Gasteiger partial charge in [0.15, 0.2) is 12.4 Å². The standard InChI is InChI=1S/C28H24BrNO7/c1-2-35-25-6-4-3-5-23(25)30-16-20(15-26(30)32)27(33)36-17-24(31)18-9-13-22(14-10-18)37-28(34)19-7-11-21(29)12-8-19/h3-14,20H,2,15-17H2,1H3/t20-/m0/s1. The molecule has 0 aromatic heterocycles. The average Bonchev–Trinajstić information content (AvgIpc) is 3.29. The number of hydrogen-bond donors (Lipinski definition) is 0. The van der Waals surface area contributed by atoms with E-state index >= 15 is 0 Å². The molecule has 0 aliphatic carbocycles. The van der Waals surface area contributed by atoms with E-state index in [1.807, 2.05) is 13.0 Å². The molecule has 3 aromatic carbocycles. The van der Waals surface area contributed by atoms with Gasteiger partial charge in [0, 0.05) is 23.0 Å². The van der Waals surface area contributed by atoms with Crippen molar-refractivity contribution in [3.63, 3.8) is 0 Å². The number of hydrogen-bond acceptors (Lipinski definition) is 7. The van der Waals surface area contributed by atoms with Crippen LogP contribution in [0, 0.1) is 5.92 Å². The molecule has 4 rings (SSSR count). The SMILES string of the molecule is CCOc1ccccc1N1C[C@@H](C(=O)OCC(=O)c2ccc(OC(=O)c3ccc(Br)cc3)cc2)CC1=O. The van der Waals surface area contributed by atoms with Gasteiger partial charge >= 0.3 is 11.9 Å². The number of halogens is 1. The zero-order valence-electron chi connectivity index (χ0n) is 20.0. The Labute approximate surface area is 222 Å². The average molecular weight is 566 g/mol. The van der Waals surface area contributed by atoms with Crippen molar-refractivity contribution in [2.24, 2.45) is 5.92 Å². The molecule has 9 heteroatoms. The van der Waals surface area contributed by atoms with E-state index in [2.05, 4.69) is 15.9 Å². The molecule has 0 bridgehead atoms. The van der Waals surface area contributed by atoms with Crippen LogP contribution in [-0.4, -0.2) is 43.4 Å². The van der Waals surface area contributed by atoms with Gasteiger partial charge in [-0.05, 0) is 67.6 Å². The number of para-hydroxylation sites is 2. The van der Waals surface area contributed by atoms with Gasteiger partial charge in [-0.15, -0.1) is 0 Å². The number of Topliss-reactive ketones (excluding diaryl/α,β-unsaturated/α-hetero) is 1. The maximum atomic E-state index is 12.6. The van der Waals surface area contributed by atoms with Gasteiger partial charge in [-0.1, -0.05) is 28.1 Å². The minimum absolute atomic E-state index is 0.00802. The van der Waals surface area contributed by atoms with Gasteiger partial charge in [0.25, 0.3) is 0 Å². The highest BCUT2D eigenvalue weighted by Crippen LogP contribution is 2.33. The van der Waals surface area contributed by atoms with Crippen LogP contribution in [0.1, 0.15) is 34.1 Å². The Morgan fingerprint density at radius 3 is 2.32 bits per heavy atom. The minimum atomic E-state index is -0.685. The Hall–Kier alpha value is -3.98. The third kappa shape index (κ3) is 6.42. The molecular formula is C28H24BrNO7. The van der Waals surface area contributed by atoms with Crippen LogP contribution >= 0.6 is 15.9 Å². The number of ketones is 1. The van der Waals surface area contributed by atoms with Crippen molar-refractivity contribution < 1.29 is 33.4 Å². The van der Waals surface area contributed by atoms with Gasteiger partial charge < -0.3 is 19.1 Å². The first-order chi connectivity index (χ1) is 17.9. The van der Waals surface area contributed by atoms with Crippen LogP contribution in [0.15, 0.2) is 77.3 Å². The van der Waals surface area contributed by atoms with Crippen molar-refractivity contribution in [1.82, 2.24) is 0 Å². The molecule has 0 saturated carbocycles. The summed E-state index contributed by atoms with van der Waals surface area (Å²) < 4.78 is 17.0. The molecule has 0 N–H and O–H groups in total. The Morgan fingerprint density at radius 1 is 0.946 bits per heavy atom. The number of carbonyl (C=O) groups excluding carboxylic acids is 4. The summed E-state index contributed by atoms with van der Waals surface area (Å²) in [5.41, 5.74) is 1.29. The monoisotopic (exact) mass is 565 g/mol. The van der Waals surface area contributed by atoms with Crippen LogP contribution in [0.5, 0.6) is 11.5 Å². The van der Waals surface area contributed by atoms with Gasteiger partial charge in [-0.2, -0.15) is 0 Å². The molecule has 37 heavy (non-hydrogen) atoms. The number of amides is 1.